The lowest BCUT2D eigenvalue weighted by Crippen LogP contribution is -2.67. The Morgan fingerprint density at radius 2 is 1.04 bits per heavy atom. The Labute approximate surface area is 130 Å². The fourth-order valence-electron chi connectivity index (χ4n) is 2.69. The van der Waals surface area contributed by atoms with Crippen LogP contribution in [0, 0.1) is 0 Å². The van der Waals surface area contributed by atoms with Gasteiger partial charge in [-0.1, -0.05) is 0 Å². The number of hydrogen-bond donors (Lipinski definition) is 9. The Morgan fingerprint density at radius 3 is 1.52 bits per heavy atom. The van der Waals surface area contributed by atoms with E-state index in [9.17, 15) is 40.9 Å². The van der Waals surface area contributed by atoms with E-state index in [2.05, 4.69) is 0 Å². The summed E-state index contributed by atoms with van der Waals surface area (Å²) in [5, 5.41) is 86.6. The van der Waals surface area contributed by atoms with Crippen molar-refractivity contribution < 1.29 is 55.4 Å². The molecule has 11 heteroatoms. The Balaban J connectivity index is 2.13. The molecule has 0 aromatic heterocycles. The van der Waals surface area contributed by atoms with Gasteiger partial charge in [0.25, 0.3) is 0 Å². The van der Waals surface area contributed by atoms with E-state index in [1.165, 1.54) is 0 Å². The summed E-state index contributed by atoms with van der Waals surface area (Å²) < 4.78 is 10.2. The van der Waals surface area contributed by atoms with E-state index >= 15 is 0 Å². The Bertz CT molecular complexity index is 377. The fraction of sp³-hybridized carbons (Fsp3) is 1.00. The average Bonchev–Trinajstić information content (AvgIpc) is 2.54. The maximum Gasteiger partial charge on any atom is 0.187 e. The molecule has 2 fully saturated rings. The predicted octanol–water partition coefficient (Wildman–Crippen LogP) is -6.01. The molecule has 1 saturated heterocycles. The minimum Gasteiger partial charge on any atom is -0.394 e. The fourth-order valence-corrected chi connectivity index (χ4v) is 2.69. The van der Waals surface area contributed by atoms with Crippen molar-refractivity contribution in [3.05, 3.63) is 0 Å². The second kappa shape index (κ2) is 7.21. The van der Waals surface area contributed by atoms with Crippen molar-refractivity contribution in [2.75, 3.05) is 6.61 Å². The molecule has 0 aromatic carbocycles. The minimum absolute atomic E-state index is 0.704. The SMILES string of the molecule is OC[C@H]1O[C@H](OC2[C@@H](O)[C@H](O)C(O)[C@H](O)[C@@H]2O)[C@H](O)[C@@H](O)[C@@H]1O. The van der Waals surface area contributed by atoms with Crippen LogP contribution >= 0.6 is 0 Å². The maximum absolute atomic E-state index is 9.85. The van der Waals surface area contributed by atoms with E-state index in [1.54, 1.807) is 0 Å². The van der Waals surface area contributed by atoms with Crippen LogP contribution in [0.4, 0.5) is 0 Å². The van der Waals surface area contributed by atoms with Gasteiger partial charge < -0.3 is 55.4 Å². The van der Waals surface area contributed by atoms with Gasteiger partial charge in [0.15, 0.2) is 6.29 Å². The molecule has 0 aromatic rings. The van der Waals surface area contributed by atoms with Crippen LogP contribution in [0.5, 0.6) is 0 Å². The minimum atomic E-state index is -1.83. The second-order valence-electron chi connectivity index (χ2n) is 5.75. The van der Waals surface area contributed by atoms with E-state index in [4.69, 9.17) is 14.6 Å². The monoisotopic (exact) mass is 342 g/mol. The van der Waals surface area contributed by atoms with Gasteiger partial charge in [0.1, 0.15) is 61.0 Å². The van der Waals surface area contributed by atoms with Crippen LogP contribution in [-0.4, -0.2) is 120 Å². The largest absolute Gasteiger partial charge is 0.394 e. The normalized spacial score (nSPS) is 54.9. The summed E-state index contributed by atoms with van der Waals surface area (Å²) >= 11 is 0. The van der Waals surface area contributed by atoms with E-state index in [1.807, 2.05) is 0 Å². The van der Waals surface area contributed by atoms with Gasteiger partial charge in [0.2, 0.25) is 0 Å². The van der Waals surface area contributed by atoms with Gasteiger partial charge in [-0.15, -0.1) is 0 Å². The molecule has 1 aliphatic heterocycles. The van der Waals surface area contributed by atoms with Crippen molar-refractivity contribution in [2.45, 2.75) is 67.3 Å². The van der Waals surface area contributed by atoms with Gasteiger partial charge in [0, 0.05) is 0 Å². The summed E-state index contributed by atoms with van der Waals surface area (Å²) in [4.78, 5) is 0. The number of rotatable bonds is 3. The number of hydrogen-bond acceptors (Lipinski definition) is 11. The molecule has 0 radical (unpaired) electrons. The molecule has 11 atom stereocenters. The third kappa shape index (κ3) is 3.36. The molecule has 1 heterocycles. The van der Waals surface area contributed by atoms with Crippen molar-refractivity contribution >= 4 is 0 Å². The molecule has 0 spiro atoms. The Hall–Kier alpha value is -0.440. The summed E-state index contributed by atoms with van der Waals surface area (Å²) in [5.74, 6) is 0. The summed E-state index contributed by atoms with van der Waals surface area (Å²) in [6, 6.07) is 0. The van der Waals surface area contributed by atoms with Crippen LogP contribution in [0.2, 0.25) is 0 Å². The first kappa shape index (κ1) is 18.9. The zero-order valence-electron chi connectivity index (χ0n) is 11.9. The molecule has 9 N–H and O–H groups in total. The van der Waals surface area contributed by atoms with Crippen LogP contribution in [0.1, 0.15) is 0 Å². The summed E-state index contributed by atoms with van der Waals surface area (Å²) in [7, 11) is 0. The average molecular weight is 342 g/mol. The van der Waals surface area contributed by atoms with Crippen LogP contribution in [0.15, 0.2) is 0 Å². The van der Waals surface area contributed by atoms with Crippen molar-refractivity contribution in [1.82, 2.24) is 0 Å². The summed E-state index contributed by atoms with van der Waals surface area (Å²) in [6.45, 7) is -0.704. The van der Waals surface area contributed by atoms with Gasteiger partial charge in [-0.3, -0.25) is 0 Å². The topological polar surface area (TPSA) is 201 Å². The van der Waals surface area contributed by atoms with Gasteiger partial charge in [-0.25, -0.2) is 0 Å². The Kier molecular flexibility index (Phi) is 5.92. The molecule has 11 nitrogen and oxygen atoms in total. The maximum atomic E-state index is 9.85. The number of ether oxygens (including phenoxy) is 2. The predicted molar refractivity (Wildman–Crippen MR) is 68.7 cm³/mol. The van der Waals surface area contributed by atoms with E-state index in [0.717, 1.165) is 0 Å². The highest BCUT2D eigenvalue weighted by Gasteiger charge is 2.52. The molecule has 2 rings (SSSR count). The van der Waals surface area contributed by atoms with Crippen molar-refractivity contribution in [2.24, 2.45) is 0 Å². The highest BCUT2D eigenvalue weighted by molar-refractivity contribution is 5.00. The lowest BCUT2D eigenvalue weighted by Gasteiger charge is -2.45. The van der Waals surface area contributed by atoms with Gasteiger partial charge in [-0.05, 0) is 0 Å². The standard InChI is InChI=1S/C12H22O11/c13-1-2-3(14)4(15)10(21)12(22-2)23-11-8(19)6(17)5(16)7(18)9(11)20/h2-21H,1H2/t2-,3-,4+,5?,6-,7+,8+,9+,10-,11?,12-/m1/s1. The second-order valence-corrected chi connectivity index (χ2v) is 5.75. The van der Waals surface area contributed by atoms with Crippen molar-refractivity contribution in [1.29, 1.82) is 0 Å². The van der Waals surface area contributed by atoms with Crippen molar-refractivity contribution in [3.63, 3.8) is 0 Å². The molecular formula is C12H22O11. The highest BCUT2D eigenvalue weighted by Crippen LogP contribution is 2.29. The molecule has 0 bridgehead atoms. The molecular weight excluding hydrogens is 320 g/mol. The van der Waals surface area contributed by atoms with Crippen LogP contribution in [0.3, 0.4) is 0 Å². The molecule has 23 heavy (non-hydrogen) atoms. The molecule has 2 aliphatic rings. The molecule has 136 valence electrons. The third-order valence-corrected chi connectivity index (χ3v) is 4.21. The third-order valence-electron chi connectivity index (χ3n) is 4.21. The number of aliphatic hydroxyl groups excluding tert-OH is 9. The quantitative estimate of drug-likeness (QED) is 0.236. The zero-order chi connectivity index (χ0) is 17.5. The smallest absolute Gasteiger partial charge is 0.187 e. The van der Waals surface area contributed by atoms with Crippen LogP contribution in [0.25, 0.3) is 0 Å². The van der Waals surface area contributed by atoms with Crippen molar-refractivity contribution in [3.8, 4) is 0 Å². The highest BCUT2D eigenvalue weighted by atomic mass is 16.7. The van der Waals surface area contributed by atoms with Crippen LogP contribution < -0.4 is 0 Å². The zero-order valence-corrected chi connectivity index (χ0v) is 11.9. The lowest BCUT2D eigenvalue weighted by molar-refractivity contribution is -0.339. The van der Waals surface area contributed by atoms with Gasteiger partial charge >= 0.3 is 0 Å². The molecule has 0 amide bonds. The van der Waals surface area contributed by atoms with E-state index in [-0.39, 0.29) is 0 Å². The lowest BCUT2D eigenvalue weighted by atomic mass is 9.84. The number of aliphatic hydroxyl groups is 9. The summed E-state index contributed by atoms with van der Waals surface area (Å²) in [5.41, 5.74) is 0. The molecule has 1 aliphatic carbocycles. The molecule has 2 unspecified atom stereocenters. The van der Waals surface area contributed by atoms with E-state index < -0.39 is 73.9 Å². The van der Waals surface area contributed by atoms with Gasteiger partial charge in [0.05, 0.1) is 6.61 Å². The van der Waals surface area contributed by atoms with Crippen LogP contribution in [-0.2, 0) is 9.47 Å². The Morgan fingerprint density at radius 1 is 0.609 bits per heavy atom. The van der Waals surface area contributed by atoms with Gasteiger partial charge in [-0.2, -0.15) is 0 Å². The first-order valence-corrected chi connectivity index (χ1v) is 7.07. The van der Waals surface area contributed by atoms with E-state index in [0.29, 0.717) is 0 Å². The summed E-state index contributed by atoms with van der Waals surface area (Å²) in [6.07, 6.45) is -18.9. The first-order chi connectivity index (χ1) is 10.7. The first-order valence-electron chi connectivity index (χ1n) is 7.07. The molecule has 1 saturated carbocycles.